The van der Waals surface area contributed by atoms with E-state index in [0.29, 0.717) is 25.5 Å². The maximum Gasteiger partial charge on any atom is 0.293 e. The van der Waals surface area contributed by atoms with Gasteiger partial charge in [-0.05, 0) is 70.8 Å². The van der Waals surface area contributed by atoms with Gasteiger partial charge in [-0.15, -0.1) is 11.3 Å². The Morgan fingerprint density at radius 1 is 1.37 bits per heavy atom. The number of carbonyl (C=O) groups is 2. The fraction of sp³-hybridized carbons (Fsp3) is 0.593. The van der Waals surface area contributed by atoms with Crippen LogP contribution in [0.15, 0.2) is 41.2 Å². The van der Waals surface area contributed by atoms with E-state index >= 15 is 0 Å². The maximum atomic E-state index is 13.4. The molecule has 0 saturated carbocycles. The molecule has 0 radical (unpaired) electrons. The van der Waals surface area contributed by atoms with Crippen molar-refractivity contribution in [3.05, 3.63) is 52.5 Å². The molecule has 3 rings (SSSR count). The van der Waals surface area contributed by atoms with Crippen molar-refractivity contribution < 1.29 is 14.3 Å². The monoisotopic (exact) mass is 502 g/mol. The third kappa shape index (κ3) is 11.8. The lowest BCUT2D eigenvalue weighted by Gasteiger charge is -2.36. The number of ether oxygens (including phenoxy) is 1. The first-order chi connectivity index (χ1) is 16.8. The molecule has 0 aliphatic carbocycles. The molecule has 1 aliphatic heterocycles. The number of amides is 1. The highest BCUT2D eigenvalue weighted by molar-refractivity contribution is 7.07. The minimum atomic E-state index is -0.340. The topological polar surface area (TPSA) is 97.6 Å². The largest absolute Gasteiger partial charge is 0.468 e. The summed E-state index contributed by atoms with van der Waals surface area (Å²) in [6.45, 7) is 8.98. The number of piperidine rings is 1. The van der Waals surface area contributed by atoms with E-state index in [1.54, 1.807) is 18.3 Å². The number of hydrogen-bond donors (Lipinski definition) is 2. The Balaban J connectivity index is 0.000000784. The number of aromatic nitrogens is 1. The second-order valence-corrected chi connectivity index (χ2v) is 10.5. The summed E-state index contributed by atoms with van der Waals surface area (Å²) in [5.41, 5.74) is 10.2. The predicted octanol–water partition coefficient (Wildman–Crippen LogP) is 3.82. The summed E-state index contributed by atoms with van der Waals surface area (Å²) in [4.78, 5) is 29.1. The Bertz CT molecular complexity index is 840. The van der Waals surface area contributed by atoms with Crippen LogP contribution in [-0.4, -0.2) is 60.1 Å². The molecule has 0 unspecified atom stereocenters. The van der Waals surface area contributed by atoms with E-state index in [2.05, 4.69) is 49.6 Å². The first-order valence-corrected chi connectivity index (χ1v) is 13.5. The van der Waals surface area contributed by atoms with Crippen LogP contribution in [0.4, 0.5) is 0 Å². The van der Waals surface area contributed by atoms with Gasteiger partial charge in [0.15, 0.2) is 0 Å². The standard InChI is InChI=1S/C24H36N4OS.C3H6O2/c1-24(2,25)17-26-22(12-6-10-19-8-4-3-5-9-19)23(29)28-13-7-11-20(15-28)14-21-16-30-18-27-21;1-2-5-3-4/h3-5,8-9,16,18,20,22,26H,6-7,10-15,17,25H2,1-2H3;3H,2H2,1H3/t20-,22-;/m1./s1. The number of nitrogens with zero attached hydrogens (tertiary/aromatic N) is 2. The second-order valence-electron chi connectivity index (χ2n) is 9.83. The first kappa shape index (κ1) is 28.9. The quantitative estimate of drug-likeness (QED) is 0.428. The minimum absolute atomic E-state index is 0.172. The maximum absolute atomic E-state index is 13.4. The SMILES string of the molecule is CC(C)(N)CN[C@H](CCCc1ccccc1)C(=O)N1CCC[C@H](Cc2cscn2)C1.CCOC=O. The first-order valence-electron chi connectivity index (χ1n) is 12.6. The van der Waals surface area contributed by atoms with Gasteiger partial charge in [-0.1, -0.05) is 30.3 Å². The molecule has 1 aliphatic rings. The van der Waals surface area contributed by atoms with E-state index in [4.69, 9.17) is 5.73 Å². The highest BCUT2D eigenvalue weighted by Gasteiger charge is 2.29. The van der Waals surface area contributed by atoms with Crippen LogP contribution in [-0.2, 0) is 27.2 Å². The number of benzene rings is 1. The predicted molar refractivity (Wildman–Crippen MR) is 142 cm³/mol. The van der Waals surface area contributed by atoms with Gasteiger partial charge in [0.05, 0.1) is 23.9 Å². The molecule has 1 aromatic heterocycles. The molecule has 1 saturated heterocycles. The Morgan fingerprint density at radius 3 is 2.74 bits per heavy atom. The van der Waals surface area contributed by atoms with Gasteiger partial charge in [-0.25, -0.2) is 4.98 Å². The van der Waals surface area contributed by atoms with E-state index in [9.17, 15) is 9.59 Å². The van der Waals surface area contributed by atoms with Crippen molar-refractivity contribution >= 4 is 23.7 Å². The molecule has 8 heteroatoms. The van der Waals surface area contributed by atoms with Crippen LogP contribution in [0.25, 0.3) is 0 Å². The molecule has 1 aromatic carbocycles. The Labute approximate surface area is 214 Å². The van der Waals surface area contributed by atoms with Gasteiger partial charge in [0.1, 0.15) is 0 Å². The number of carbonyl (C=O) groups excluding carboxylic acids is 2. The van der Waals surface area contributed by atoms with Crippen LogP contribution in [0.5, 0.6) is 0 Å². The molecule has 194 valence electrons. The molecular weight excluding hydrogens is 460 g/mol. The van der Waals surface area contributed by atoms with Crippen LogP contribution >= 0.6 is 11.3 Å². The number of rotatable bonds is 12. The Kier molecular flexibility index (Phi) is 12.9. The Morgan fingerprint density at radius 2 is 2.14 bits per heavy atom. The molecule has 35 heavy (non-hydrogen) atoms. The second kappa shape index (κ2) is 15.7. The molecule has 7 nitrogen and oxygen atoms in total. The van der Waals surface area contributed by atoms with Gasteiger partial charge in [-0.3, -0.25) is 9.59 Å². The summed E-state index contributed by atoms with van der Waals surface area (Å²) in [7, 11) is 0. The molecule has 2 heterocycles. The number of aryl methyl sites for hydroxylation is 1. The van der Waals surface area contributed by atoms with Crippen molar-refractivity contribution in [2.75, 3.05) is 26.2 Å². The van der Waals surface area contributed by atoms with Crippen LogP contribution in [0.2, 0.25) is 0 Å². The molecule has 2 atom stereocenters. The Hall–Kier alpha value is -2.29. The van der Waals surface area contributed by atoms with E-state index in [0.717, 1.165) is 50.9 Å². The van der Waals surface area contributed by atoms with Gasteiger partial charge in [-0.2, -0.15) is 0 Å². The number of hydrogen-bond acceptors (Lipinski definition) is 7. The highest BCUT2D eigenvalue weighted by atomic mass is 32.1. The summed E-state index contributed by atoms with van der Waals surface area (Å²) >= 11 is 1.64. The number of thiazole rings is 1. The third-order valence-corrected chi connectivity index (χ3v) is 6.59. The van der Waals surface area contributed by atoms with Crippen LogP contribution in [0, 0.1) is 5.92 Å². The van der Waals surface area contributed by atoms with Crippen molar-refractivity contribution in [2.45, 2.75) is 70.9 Å². The molecule has 1 amide bonds. The lowest BCUT2D eigenvalue weighted by Crippen LogP contribution is -2.54. The van der Waals surface area contributed by atoms with Gasteiger partial charge >= 0.3 is 0 Å². The van der Waals surface area contributed by atoms with E-state index in [-0.39, 0.29) is 17.5 Å². The van der Waals surface area contributed by atoms with Crippen LogP contribution in [0.1, 0.15) is 57.7 Å². The average molecular weight is 503 g/mol. The highest BCUT2D eigenvalue weighted by Crippen LogP contribution is 2.22. The minimum Gasteiger partial charge on any atom is -0.468 e. The third-order valence-electron chi connectivity index (χ3n) is 5.95. The number of nitrogens with two attached hydrogens (primary N) is 1. The van der Waals surface area contributed by atoms with Crippen LogP contribution < -0.4 is 11.1 Å². The fourth-order valence-corrected chi connectivity index (χ4v) is 4.78. The number of nitrogens with one attached hydrogen (secondary N) is 1. The molecule has 1 fully saturated rings. The summed E-state index contributed by atoms with van der Waals surface area (Å²) < 4.78 is 4.15. The lowest BCUT2D eigenvalue weighted by molar-refractivity contribution is -0.135. The summed E-state index contributed by atoms with van der Waals surface area (Å²) in [6.07, 6.45) is 6.01. The summed E-state index contributed by atoms with van der Waals surface area (Å²) in [5, 5.41) is 5.60. The van der Waals surface area contributed by atoms with Crippen molar-refractivity contribution in [2.24, 2.45) is 11.7 Å². The lowest BCUT2D eigenvalue weighted by atomic mass is 9.92. The molecule has 3 N–H and O–H groups in total. The molecule has 0 spiro atoms. The zero-order valence-corrected chi connectivity index (χ0v) is 22.3. The van der Waals surface area contributed by atoms with Gasteiger partial charge in [0.2, 0.25) is 5.91 Å². The van der Waals surface area contributed by atoms with Crippen molar-refractivity contribution in [1.82, 2.24) is 15.2 Å². The summed E-state index contributed by atoms with van der Waals surface area (Å²) in [6, 6.07) is 10.3. The van der Waals surface area contributed by atoms with Crippen LogP contribution in [0.3, 0.4) is 0 Å². The van der Waals surface area contributed by atoms with Gasteiger partial charge < -0.3 is 20.7 Å². The average Bonchev–Trinajstić information content (AvgIpc) is 3.35. The van der Waals surface area contributed by atoms with E-state index in [1.807, 2.05) is 25.4 Å². The van der Waals surface area contributed by atoms with Crippen molar-refractivity contribution in [1.29, 1.82) is 0 Å². The van der Waals surface area contributed by atoms with E-state index in [1.165, 1.54) is 12.0 Å². The van der Waals surface area contributed by atoms with Gasteiger partial charge in [0.25, 0.3) is 6.47 Å². The zero-order chi connectivity index (χ0) is 25.5. The smallest absolute Gasteiger partial charge is 0.293 e. The zero-order valence-electron chi connectivity index (χ0n) is 21.4. The summed E-state index contributed by atoms with van der Waals surface area (Å²) in [5.74, 6) is 0.732. The fourth-order valence-electron chi connectivity index (χ4n) is 4.21. The molecular formula is C27H42N4O3S. The van der Waals surface area contributed by atoms with Crippen molar-refractivity contribution in [3.8, 4) is 0 Å². The number of likely N-dealkylation sites (tertiary alicyclic amines) is 1. The van der Waals surface area contributed by atoms with E-state index < -0.39 is 0 Å². The normalized spacial score (nSPS) is 16.7. The van der Waals surface area contributed by atoms with Crippen molar-refractivity contribution in [3.63, 3.8) is 0 Å². The molecule has 2 aromatic rings. The molecule has 0 bridgehead atoms. The van der Waals surface area contributed by atoms with Gasteiger partial charge in [0, 0.05) is 30.6 Å².